The Balaban J connectivity index is 2.63. The minimum Gasteiger partial charge on any atom is -0.493 e. The van der Waals surface area contributed by atoms with Gasteiger partial charge in [0.25, 0.3) is 0 Å². The first-order valence-electron chi connectivity index (χ1n) is 5.14. The summed E-state index contributed by atoms with van der Waals surface area (Å²) in [7, 11) is 0. The van der Waals surface area contributed by atoms with Crippen LogP contribution < -0.4 is 10.5 Å². The summed E-state index contributed by atoms with van der Waals surface area (Å²) in [4.78, 5) is 0. The third-order valence-electron chi connectivity index (χ3n) is 2.38. The fraction of sp³-hybridized carbons (Fsp3) is 0.500. The maximum atomic E-state index is 5.84. The Morgan fingerprint density at radius 1 is 1.33 bits per heavy atom. The summed E-state index contributed by atoms with van der Waals surface area (Å²) in [6, 6.07) is 3.94. The van der Waals surface area contributed by atoms with Crippen molar-refractivity contribution in [2.75, 3.05) is 24.3 Å². The Morgan fingerprint density at radius 3 is 2.73 bits per heavy atom. The minimum absolute atomic E-state index is 0.770. The van der Waals surface area contributed by atoms with E-state index in [1.165, 1.54) is 0 Å². The van der Waals surface area contributed by atoms with Gasteiger partial charge in [0.05, 0.1) is 6.61 Å². The summed E-state index contributed by atoms with van der Waals surface area (Å²) in [5, 5.41) is 0. The van der Waals surface area contributed by atoms with E-state index in [1.54, 1.807) is 0 Å². The number of nitrogens with two attached hydrogens (primary N) is 1. The predicted octanol–water partition coefficient (Wildman–Crippen LogP) is 3.02. The van der Waals surface area contributed by atoms with Crippen molar-refractivity contribution in [3.8, 4) is 5.75 Å². The summed E-state index contributed by atoms with van der Waals surface area (Å²) in [6.07, 6.45) is 3.19. The fourth-order valence-corrected chi connectivity index (χ4v) is 1.85. The second-order valence-electron chi connectivity index (χ2n) is 3.62. The molecule has 0 spiro atoms. The van der Waals surface area contributed by atoms with Gasteiger partial charge in [-0.25, -0.2) is 0 Å². The van der Waals surface area contributed by atoms with Crippen LogP contribution in [0, 0.1) is 13.8 Å². The molecular formula is C12H19NOS. The molecule has 1 aromatic rings. The average molecular weight is 225 g/mol. The van der Waals surface area contributed by atoms with Crippen molar-refractivity contribution < 1.29 is 4.74 Å². The Bertz CT molecular complexity index is 326. The van der Waals surface area contributed by atoms with Gasteiger partial charge in [0.2, 0.25) is 0 Å². The molecule has 0 radical (unpaired) electrons. The van der Waals surface area contributed by atoms with E-state index in [9.17, 15) is 0 Å². The van der Waals surface area contributed by atoms with Crippen LogP contribution in [0.15, 0.2) is 12.1 Å². The number of hydrogen-bond acceptors (Lipinski definition) is 3. The highest BCUT2D eigenvalue weighted by atomic mass is 32.2. The molecule has 2 nitrogen and oxygen atoms in total. The Morgan fingerprint density at radius 2 is 2.07 bits per heavy atom. The van der Waals surface area contributed by atoms with E-state index in [0.29, 0.717) is 0 Å². The molecule has 0 unspecified atom stereocenters. The molecule has 0 saturated heterocycles. The van der Waals surface area contributed by atoms with E-state index in [-0.39, 0.29) is 0 Å². The molecule has 15 heavy (non-hydrogen) atoms. The fourth-order valence-electron chi connectivity index (χ4n) is 1.44. The summed E-state index contributed by atoms with van der Waals surface area (Å²) >= 11 is 1.84. The molecule has 0 aliphatic heterocycles. The molecule has 0 amide bonds. The molecule has 0 bridgehead atoms. The molecule has 84 valence electrons. The topological polar surface area (TPSA) is 35.2 Å². The SMILES string of the molecule is CSCCCOc1c(C)ccc(N)c1C. The number of aryl methyl sites for hydroxylation is 1. The quantitative estimate of drug-likeness (QED) is 0.618. The third kappa shape index (κ3) is 3.34. The van der Waals surface area contributed by atoms with Gasteiger partial charge in [-0.3, -0.25) is 0 Å². The van der Waals surface area contributed by atoms with E-state index >= 15 is 0 Å². The zero-order chi connectivity index (χ0) is 11.3. The monoisotopic (exact) mass is 225 g/mol. The molecule has 0 aromatic heterocycles. The number of rotatable bonds is 5. The Kier molecular flexibility index (Phi) is 4.82. The van der Waals surface area contributed by atoms with Crippen LogP contribution in [-0.2, 0) is 0 Å². The number of thioether (sulfide) groups is 1. The summed E-state index contributed by atoms with van der Waals surface area (Å²) in [5.41, 5.74) is 8.85. The van der Waals surface area contributed by atoms with Crippen LogP contribution in [0.5, 0.6) is 5.75 Å². The number of hydrogen-bond donors (Lipinski definition) is 1. The van der Waals surface area contributed by atoms with Crippen LogP contribution in [-0.4, -0.2) is 18.6 Å². The first-order valence-corrected chi connectivity index (χ1v) is 6.53. The molecule has 3 heteroatoms. The Labute approximate surface area is 96.2 Å². The van der Waals surface area contributed by atoms with Crippen molar-refractivity contribution in [2.24, 2.45) is 0 Å². The zero-order valence-electron chi connectivity index (χ0n) is 9.67. The Hall–Kier alpha value is -0.830. The highest BCUT2D eigenvalue weighted by Gasteiger charge is 2.06. The number of anilines is 1. The van der Waals surface area contributed by atoms with Crippen molar-refractivity contribution in [3.05, 3.63) is 23.3 Å². The van der Waals surface area contributed by atoms with Gasteiger partial charge in [0.15, 0.2) is 0 Å². The van der Waals surface area contributed by atoms with Crippen molar-refractivity contribution in [3.63, 3.8) is 0 Å². The van der Waals surface area contributed by atoms with Gasteiger partial charge >= 0.3 is 0 Å². The summed E-state index contributed by atoms with van der Waals surface area (Å²) in [6.45, 7) is 4.83. The van der Waals surface area contributed by atoms with E-state index in [2.05, 4.69) is 13.2 Å². The van der Waals surface area contributed by atoms with Gasteiger partial charge in [-0.1, -0.05) is 6.07 Å². The van der Waals surface area contributed by atoms with E-state index in [1.807, 2.05) is 30.8 Å². The van der Waals surface area contributed by atoms with Gasteiger partial charge in [0.1, 0.15) is 5.75 Å². The summed E-state index contributed by atoms with van der Waals surface area (Å²) < 4.78 is 5.76. The van der Waals surface area contributed by atoms with Crippen LogP contribution in [0.1, 0.15) is 17.5 Å². The molecule has 2 N–H and O–H groups in total. The van der Waals surface area contributed by atoms with Crippen LogP contribution in [0.25, 0.3) is 0 Å². The largest absolute Gasteiger partial charge is 0.493 e. The lowest BCUT2D eigenvalue weighted by Crippen LogP contribution is -2.03. The number of ether oxygens (including phenoxy) is 1. The van der Waals surface area contributed by atoms with Crippen LogP contribution in [0.3, 0.4) is 0 Å². The van der Waals surface area contributed by atoms with Crippen molar-refractivity contribution in [1.29, 1.82) is 0 Å². The second-order valence-corrected chi connectivity index (χ2v) is 4.61. The average Bonchev–Trinajstić information content (AvgIpc) is 2.23. The normalized spacial score (nSPS) is 10.3. The molecule has 0 saturated carbocycles. The van der Waals surface area contributed by atoms with Gasteiger partial charge in [0, 0.05) is 11.3 Å². The van der Waals surface area contributed by atoms with E-state index in [4.69, 9.17) is 10.5 Å². The van der Waals surface area contributed by atoms with Gasteiger partial charge < -0.3 is 10.5 Å². The molecular weight excluding hydrogens is 206 g/mol. The molecule has 0 atom stereocenters. The summed E-state index contributed by atoms with van der Waals surface area (Å²) in [5.74, 6) is 2.09. The number of benzene rings is 1. The maximum absolute atomic E-state index is 5.84. The molecule has 1 aromatic carbocycles. The highest BCUT2D eigenvalue weighted by molar-refractivity contribution is 7.98. The van der Waals surface area contributed by atoms with Gasteiger partial charge in [-0.15, -0.1) is 0 Å². The maximum Gasteiger partial charge on any atom is 0.127 e. The van der Waals surface area contributed by atoms with Crippen molar-refractivity contribution in [1.82, 2.24) is 0 Å². The van der Waals surface area contributed by atoms with Crippen molar-refractivity contribution in [2.45, 2.75) is 20.3 Å². The van der Waals surface area contributed by atoms with Gasteiger partial charge in [-0.05, 0) is 43.9 Å². The van der Waals surface area contributed by atoms with Crippen LogP contribution in [0.4, 0.5) is 5.69 Å². The third-order valence-corrected chi connectivity index (χ3v) is 3.08. The molecule has 0 aliphatic rings. The lowest BCUT2D eigenvalue weighted by Gasteiger charge is -2.13. The van der Waals surface area contributed by atoms with E-state index < -0.39 is 0 Å². The lowest BCUT2D eigenvalue weighted by atomic mass is 10.1. The molecule has 1 rings (SSSR count). The lowest BCUT2D eigenvalue weighted by molar-refractivity contribution is 0.314. The first kappa shape index (κ1) is 12.2. The van der Waals surface area contributed by atoms with Crippen LogP contribution in [0.2, 0.25) is 0 Å². The van der Waals surface area contributed by atoms with Gasteiger partial charge in [-0.2, -0.15) is 11.8 Å². The smallest absolute Gasteiger partial charge is 0.127 e. The minimum atomic E-state index is 0.770. The first-order chi connectivity index (χ1) is 7.16. The predicted molar refractivity (Wildman–Crippen MR) is 68.8 cm³/mol. The second kappa shape index (κ2) is 5.91. The molecule has 0 aliphatic carbocycles. The highest BCUT2D eigenvalue weighted by Crippen LogP contribution is 2.27. The molecule has 0 fully saturated rings. The zero-order valence-corrected chi connectivity index (χ0v) is 10.5. The van der Waals surface area contributed by atoms with Crippen LogP contribution >= 0.6 is 11.8 Å². The standard InChI is InChI=1S/C12H19NOS/c1-9-5-6-11(13)10(2)12(9)14-7-4-8-15-3/h5-6H,4,7-8,13H2,1-3H3. The number of nitrogen functional groups attached to an aromatic ring is 1. The molecule has 0 heterocycles. The van der Waals surface area contributed by atoms with Crippen molar-refractivity contribution >= 4 is 17.4 Å². The van der Waals surface area contributed by atoms with E-state index in [0.717, 1.165) is 41.3 Å².